The Morgan fingerprint density at radius 2 is 1.19 bits per heavy atom. The summed E-state index contributed by atoms with van der Waals surface area (Å²) >= 11 is 20.5. The fourth-order valence-corrected chi connectivity index (χ4v) is 16.5. The smallest absolute Gasteiger partial charge is 0.748 e. The van der Waals surface area contributed by atoms with Crippen molar-refractivity contribution in [2.24, 2.45) is 11.0 Å². The van der Waals surface area contributed by atoms with Crippen molar-refractivity contribution in [2.45, 2.75) is 150 Å². The van der Waals surface area contributed by atoms with Crippen molar-refractivity contribution in [3.63, 3.8) is 0 Å². The predicted molar refractivity (Wildman–Crippen MR) is 383 cm³/mol. The van der Waals surface area contributed by atoms with Crippen LogP contribution < -0.4 is 69.0 Å². The van der Waals surface area contributed by atoms with Gasteiger partial charge >= 0.3 is 29.6 Å². The molecule has 0 fully saturated rings. The van der Waals surface area contributed by atoms with Gasteiger partial charge in [-0.3, -0.25) is 0 Å². The van der Waals surface area contributed by atoms with Crippen LogP contribution in [-0.4, -0.2) is 102 Å². The zero-order chi connectivity index (χ0) is 74.5. The van der Waals surface area contributed by atoms with Gasteiger partial charge in [-0.15, -0.1) is 19.6 Å². The van der Waals surface area contributed by atoms with E-state index in [-0.39, 0.29) is 71.2 Å². The van der Waals surface area contributed by atoms with Gasteiger partial charge in [-0.1, -0.05) is 86.8 Å². The van der Waals surface area contributed by atoms with Gasteiger partial charge in [0, 0.05) is 127 Å². The fraction of sp³-hybridized carbons (Fsp3) is 0.366. The van der Waals surface area contributed by atoms with Crippen LogP contribution in [0.25, 0.3) is 5.70 Å². The molecule has 5 aromatic rings. The number of rotatable bonds is 19. The van der Waals surface area contributed by atoms with Crippen LogP contribution in [0.3, 0.4) is 0 Å². The monoisotopic (exact) mass is 1560 g/mol. The molecule has 11 rings (SSSR count). The predicted octanol–water partition coefficient (Wildman–Crippen LogP) is 6.58. The molecule has 4 aromatic carbocycles. The number of nitrogens with two attached hydrogens (primary N) is 2. The second-order valence-corrected chi connectivity index (χ2v) is 35.5. The normalized spacial score (nSPS) is 20.4. The Hall–Kier alpha value is -5.09. The average molecular weight is 1560 g/mol. The van der Waals surface area contributed by atoms with E-state index < -0.39 is 61.8 Å². The summed E-state index contributed by atoms with van der Waals surface area (Å²) in [5.41, 5.74) is 15.8. The number of anilines is 2. The maximum atomic E-state index is 12.4. The van der Waals surface area contributed by atoms with Gasteiger partial charge in [-0.25, -0.2) is 53.7 Å². The number of nitrogens with zero attached hydrogens (tertiary/aromatic N) is 6. The Morgan fingerprint density at radius 1 is 0.657 bits per heavy atom. The number of likely N-dealkylation sites (N-methyl/N-ethyl adjacent to an activating group) is 1. The first-order chi connectivity index (χ1) is 46.9. The van der Waals surface area contributed by atoms with E-state index in [2.05, 4.69) is 124 Å². The first kappa shape index (κ1) is 82.6. The van der Waals surface area contributed by atoms with E-state index in [9.17, 15) is 34.4 Å². The summed E-state index contributed by atoms with van der Waals surface area (Å²) in [6.45, 7) is 20.3. The Labute approximate surface area is 641 Å². The molecule has 2 atom stereocenters. The summed E-state index contributed by atoms with van der Waals surface area (Å²) in [6, 6.07) is 24.4. The Morgan fingerprint density at radius 3 is 1.81 bits per heavy atom. The molecule has 2 aliphatic carbocycles. The molecule has 0 saturated heterocycles. The maximum Gasteiger partial charge on any atom is 1.00 e. The summed E-state index contributed by atoms with van der Waals surface area (Å²) in [7, 11) is -13.8. The Bertz CT molecular complexity index is 4800. The third-order valence-electron chi connectivity index (χ3n) is 19.7. The number of aromatic nitrogens is 2. The average Bonchev–Trinajstić information content (AvgIpc) is 1.61. The summed E-state index contributed by atoms with van der Waals surface area (Å²) in [5, 5.41) is 10.2. The van der Waals surface area contributed by atoms with E-state index >= 15 is 0 Å². The molecule has 2 unspecified atom stereocenters. The van der Waals surface area contributed by atoms with Crippen molar-refractivity contribution in [1.82, 2.24) is 9.78 Å². The van der Waals surface area contributed by atoms with E-state index in [1.54, 1.807) is 23.0 Å². The molecule has 4 aliphatic heterocycles. The number of primary sulfonamides is 1. The molecule has 5 heterocycles. The van der Waals surface area contributed by atoms with Crippen molar-refractivity contribution in [1.29, 1.82) is 0 Å². The molecule has 0 radical (unpaired) electrons. The van der Waals surface area contributed by atoms with Crippen molar-refractivity contribution < 1.29 is 111 Å². The molecule has 1 aromatic heterocycles. The summed E-state index contributed by atoms with van der Waals surface area (Å²) < 4.78 is 141. The minimum atomic E-state index is -4.94. The first-order valence-electron chi connectivity index (χ1n) is 32.1. The van der Waals surface area contributed by atoms with E-state index in [1.165, 1.54) is 65.0 Å². The van der Waals surface area contributed by atoms with Crippen LogP contribution in [0.15, 0.2) is 188 Å². The van der Waals surface area contributed by atoms with Crippen LogP contribution in [0.1, 0.15) is 130 Å². The molecule has 0 spiro atoms. The second-order valence-electron chi connectivity index (χ2n) is 27.5. The van der Waals surface area contributed by atoms with Crippen molar-refractivity contribution in [3.05, 3.63) is 211 Å². The van der Waals surface area contributed by atoms with Crippen LogP contribution >= 0.6 is 46.8 Å². The molecular weight excluding hydrogens is 1480 g/mol. The van der Waals surface area contributed by atoms with Gasteiger partial charge in [0.2, 0.25) is 21.4 Å². The van der Waals surface area contributed by atoms with Gasteiger partial charge in [0.05, 0.1) is 59.0 Å². The molecule has 31 heteroatoms. The Balaban J connectivity index is 0.000000266. The van der Waals surface area contributed by atoms with Crippen LogP contribution in [0, 0.1) is 10.2 Å². The summed E-state index contributed by atoms with van der Waals surface area (Å²) in [4.78, 5) is 9.17. The zero-order valence-corrected chi connectivity index (χ0v) is 67.1. The number of sulfonamides is 1. The maximum absolute atomic E-state index is 12.4. The fourth-order valence-electron chi connectivity index (χ4n) is 14.1. The van der Waals surface area contributed by atoms with Gasteiger partial charge in [-0.05, 0) is 186 Å². The summed E-state index contributed by atoms with van der Waals surface area (Å²) in [5.74, 6) is 5.08. The molecule has 0 amide bonds. The number of halogens is 4. The molecule has 4 N–H and O–H groups in total. The van der Waals surface area contributed by atoms with E-state index in [0.717, 1.165) is 84.4 Å². The third kappa shape index (κ3) is 18.0. The standard InChI is InChI=1S/C40H50N6O10S4.C31H32Cl3N2.ClHO4.Na/c1-26(59(49,50)51)18-22-44-34-14-12-30(57-56-55-41)24-32(34)39(3,4)36(44)16-10-28-8-9-29(38(28)46-21-7-20-43-46)11-17-37-40(5,6)33-25-31(58(42,47)48)13-15-35(33)45(37)23-19-27(2)60(52,53)54;1-30(2)23-17-21(32)11-13-25(23)35(5)27(30)15-9-19-7-8-20(29(19)34)10-16-28-31(3,4)24-18-22(33)12-14-26(24)36(28)6;2-1(3,4)5;/h7,10-17,20-21,24-27H,8-9,18-19,22-23,41H2,1-6H3,(H3-,42,47,48,49,50,51,52,53,54);9-18H,7-8H2,1-6H3;(H,2,3,4,5);/q;+1;;+1/p-2. The molecular formula is C71H81Cl4N8NaO14S4. The van der Waals surface area contributed by atoms with E-state index in [0.29, 0.717) is 24.1 Å². The molecule has 6 aliphatic rings. The number of fused-ring (bicyclic) bond motifs is 4. The minimum absolute atomic E-state index is 0. The molecule has 542 valence electrons. The van der Waals surface area contributed by atoms with Crippen molar-refractivity contribution in [3.8, 4) is 0 Å². The first-order valence-corrected chi connectivity index (χ1v) is 39.7. The van der Waals surface area contributed by atoms with Gasteiger partial charge in [0.15, 0.2) is 18.0 Å². The van der Waals surface area contributed by atoms with Crippen LogP contribution in [0.5, 0.6) is 0 Å². The van der Waals surface area contributed by atoms with Gasteiger partial charge in [0.1, 0.15) is 7.05 Å². The largest absolute Gasteiger partial charge is 1.00 e. The van der Waals surface area contributed by atoms with Gasteiger partial charge in [-0.2, -0.15) is 20.1 Å². The second kappa shape index (κ2) is 31.8. The quantitative estimate of drug-likeness (QED) is 0.0220. The SMILES string of the molecule is CC(CCN1/C(=C\C=C2\CCC(/C=C/C3=[N+](CCC(C)S(=O)(=O)[O-])c4ccc(SOON)cc4C3(C)C)=C2n2cccn2)C(C)(C)c2cc(S(N)(=O)=O)ccc21)S(=O)(=O)[O-].CN1C(=CC=C2CCC(C=CC3=[N+](C)c4ccc(Cl)cc4C3(C)C)=C2Cl)C(C)(C)c2cc(Cl)ccc21.[Na+].[O-][Cl+3]([O-])([O-])[O-]. The van der Waals surface area contributed by atoms with Crippen molar-refractivity contribution in [2.75, 3.05) is 37.0 Å². The minimum Gasteiger partial charge on any atom is -0.748 e. The molecule has 0 saturated carbocycles. The third-order valence-corrected chi connectivity index (χ3v) is 24.6. The zero-order valence-electron chi connectivity index (χ0n) is 58.8. The van der Waals surface area contributed by atoms with Crippen LogP contribution in [-0.2, 0) is 61.2 Å². The van der Waals surface area contributed by atoms with E-state index in [4.69, 9.17) is 68.8 Å². The van der Waals surface area contributed by atoms with Gasteiger partial charge in [0.25, 0.3) is 0 Å². The number of hydrogen-bond donors (Lipinski definition) is 2. The van der Waals surface area contributed by atoms with Crippen LogP contribution in [0.2, 0.25) is 10.0 Å². The Kier molecular flexibility index (Phi) is 25.7. The van der Waals surface area contributed by atoms with Crippen LogP contribution in [0.4, 0.5) is 22.7 Å². The summed E-state index contributed by atoms with van der Waals surface area (Å²) in [6.07, 6.45) is 23.7. The van der Waals surface area contributed by atoms with Gasteiger partial charge < -0.3 is 18.9 Å². The topological polar surface area (TPSA) is 342 Å². The van der Waals surface area contributed by atoms with Crippen molar-refractivity contribution >= 4 is 117 Å². The number of hydrogen-bond acceptors (Lipinski definition) is 19. The number of benzene rings is 4. The molecule has 0 bridgehead atoms. The van der Waals surface area contributed by atoms with E-state index in [1.807, 2.05) is 90.2 Å². The number of allylic oxidation sites excluding steroid dienone is 16. The molecule has 102 heavy (non-hydrogen) atoms. The molecule has 22 nitrogen and oxygen atoms in total.